The minimum atomic E-state index is -0.430. The number of anilines is 1. The highest BCUT2D eigenvalue weighted by molar-refractivity contribution is 5.69. The second kappa shape index (κ2) is 6.62. The monoisotopic (exact) mass is 296 g/mol. The summed E-state index contributed by atoms with van der Waals surface area (Å²) < 4.78 is 15.7. The Morgan fingerprint density at radius 1 is 1.19 bits per heavy atom. The SMILES string of the molecule is COc1cc(NC2CCCC2OC)c([N+](=O)[O-])cc1OC. The zero-order valence-corrected chi connectivity index (χ0v) is 12.4. The molecule has 1 saturated carbocycles. The number of methoxy groups -OCH3 is 3. The Hall–Kier alpha value is -2.02. The van der Waals surface area contributed by atoms with Crippen LogP contribution < -0.4 is 14.8 Å². The number of nitrogens with one attached hydrogen (secondary N) is 1. The van der Waals surface area contributed by atoms with E-state index in [-0.39, 0.29) is 17.8 Å². The second-order valence-electron chi connectivity index (χ2n) is 4.94. The van der Waals surface area contributed by atoms with Crippen LogP contribution in [-0.2, 0) is 4.74 Å². The lowest BCUT2D eigenvalue weighted by Gasteiger charge is -2.21. The van der Waals surface area contributed by atoms with Crippen LogP contribution in [0.4, 0.5) is 11.4 Å². The van der Waals surface area contributed by atoms with Crippen molar-refractivity contribution in [1.82, 2.24) is 0 Å². The van der Waals surface area contributed by atoms with Crippen molar-refractivity contribution in [2.75, 3.05) is 26.6 Å². The van der Waals surface area contributed by atoms with E-state index >= 15 is 0 Å². The quantitative estimate of drug-likeness (QED) is 0.641. The standard InChI is InChI=1S/C14H20N2O5/c1-19-12-6-4-5-9(12)15-10-7-13(20-2)14(21-3)8-11(10)16(17)18/h7-9,12,15H,4-6H2,1-3H3. The van der Waals surface area contributed by atoms with Crippen molar-refractivity contribution in [2.45, 2.75) is 31.4 Å². The highest BCUT2D eigenvalue weighted by atomic mass is 16.6. The molecule has 116 valence electrons. The number of nitro benzene ring substituents is 1. The van der Waals surface area contributed by atoms with Gasteiger partial charge in [0, 0.05) is 13.2 Å². The van der Waals surface area contributed by atoms with Gasteiger partial charge in [0.05, 0.1) is 37.4 Å². The molecule has 1 aromatic carbocycles. The van der Waals surface area contributed by atoms with E-state index in [2.05, 4.69) is 5.32 Å². The number of rotatable bonds is 6. The predicted molar refractivity (Wildman–Crippen MR) is 78.3 cm³/mol. The Morgan fingerprint density at radius 3 is 2.43 bits per heavy atom. The highest BCUT2D eigenvalue weighted by Gasteiger charge is 2.29. The van der Waals surface area contributed by atoms with Gasteiger partial charge < -0.3 is 19.5 Å². The van der Waals surface area contributed by atoms with E-state index in [0.717, 1.165) is 19.3 Å². The summed E-state index contributed by atoms with van der Waals surface area (Å²) in [5.74, 6) is 0.794. The molecule has 1 N–H and O–H groups in total. The van der Waals surface area contributed by atoms with E-state index in [1.807, 2.05) is 0 Å². The van der Waals surface area contributed by atoms with Gasteiger partial charge in [-0.05, 0) is 19.3 Å². The first-order chi connectivity index (χ1) is 10.1. The molecule has 1 aliphatic carbocycles. The van der Waals surface area contributed by atoms with Crippen molar-refractivity contribution in [1.29, 1.82) is 0 Å². The summed E-state index contributed by atoms with van der Waals surface area (Å²) in [6.45, 7) is 0. The lowest BCUT2D eigenvalue weighted by atomic mass is 10.1. The summed E-state index contributed by atoms with van der Waals surface area (Å²) in [6.07, 6.45) is 2.98. The molecule has 0 saturated heterocycles. The summed E-state index contributed by atoms with van der Waals surface area (Å²) in [4.78, 5) is 10.8. The Labute approximate surface area is 123 Å². The molecule has 7 nitrogen and oxygen atoms in total. The van der Waals surface area contributed by atoms with Crippen molar-refractivity contribution >= 4 is 11.4 Å². The molecule has 0 heterocycles. The van der Waals surface area contributed by atoms with Gasteiger partial charge in [-0.1, -0.05) is 0 Å². The van der Waals surface area contributed by atoms with Crippen LogP contribution in [0.3, 0.4) is 0 Å². The number of nitro groups is 1. The molecule has 0 bridgehead atoms. The molecule has 7 heteroatoms. The van der Waals surface area contributed by atoms with Crippen LogP contribution >= 0.6 is 0 Å². The van der Waals surface area contributed by atoms with Gasteiger partial charge >= 0.3 is 0 Å². The van der Waals surface area contributed by atoms with Crippen molar-refractivity contribution in [3.63, 3.8) is 0 Å². The largest absolute Gasteiger partial charge is 0.493 e. The normalized spacial score (nSPS) is 21.1. The van der Waals surface area contributed by atoms with Gasteiger partial charge in [-0.2, -0.15) is 0 Å². The van der Waals surface area contributed by atoms with Gasteiger partial charge in [0.2, 0.25) is 0 Å². The summed E-state index contributed by atoms with van der Waals surface area (Å²) >= 11 is 0. The first-order valence-electron chi connectivity index (χ1n) is 6.80. The molecule has 0 aliphatic heterocycles. The number of hydrogen-bond acceptors (Lipinski definition) is 6. The van der Waals surface area contributed by atoms with E-state index in [9.17, 15) is 10.1 Å². The molecule has 1 fully saturated rings. The lowest BCUT2D eigenvalue weighted by molar-refractivity contribution is -0.384. The van der Waals surface area contributed by atoms with Crippen LogP contribution in [-0.4, -0.2) is 38.4 Å². The maximum Gasteiger partial charge on any atom is 0.296 e. The van der Waals surface area contributed by atoms with Gasteiger partial charge in [-0.25, -0.2) is 0 Å². The number of ether oxygens (including phenoxy) is 3. The van der Waals surface area contributed by atoms with Crippen molar-refractivity contribution < 1.29 is 19.1 Å². The third kappa shape index (κ3) is 3.18. The molecule has 1 aliphatic rings. The molecule has 21 heavy (non-hydrogen) atoms. The molecule has 2 rings (SSSR count). The summed E-state index contributed by atoms with van der Waals surface area (Å²) in [6, 6.07) is 3.03. The molecular formula is C14H20N2O5. The first kappa shape index (κ1) is 15.4. The van der Waals surface area contributed by atoms with E-state index in [1.54, 1.807) is 13.2 Å². The zero-order chi connectivity index (χ0) is 15.4. The van der Waals surface area contributed by atoms with Crippen LogP contribution in [0.2, 0.25) is 0 Å². The Morgan fingerprint density at radius 2 is 1.86 bits per heavy atom. The van der Waals surface area contributed by atoms with Gasteiger partial charge in [-0.15, -0.1) is 0 Å². The molecule has 2 unspecified atom stereocenters. The maximum atomic E-state index is 11.3. The van der Waals surface area contributed by atoms with Crippen LogP contribution in [0.15, 0.2) is 12.1 Å². The lowest BCUT2D eigenvalue weighted by Crippen LogP contribution is -2.30. The van der Waals surface area contributed by atoms with Crippen molar-refractivity contribution in [3.05, 3.63) is 22.2 Å². The number of hydrogen-bond donors (Lipinski definition) is 1. The molecule has 0 amide bonds. The molecule has 0 radical (unpaired) electrons. The fourth-order valence-corrected chi connectivity index (χ4v) is 2.71. The molecular weight excluding hydrogens is 276 g/mol. The molecule has 0 aromatic heterocycles. The van der Waals surface area contributed by atoms with Crippen LogP contribution in [0.1, 0.15) is 19.3 Å². The molecule has 2 atom stereocenters. The fraction of sp³-hybridized carbons (Fsp3) is 0.571. The Balaban J connectivity index is 2.34. The smallest absolute Gasteiger partial charge is 0.296 e. The minimum absolute atomic E-state index is 0.0330. The van der Waals surface area contributed by atoms with E-state index < -0.39 is 4.92 Å². The van der Waals surface area contributed by atoms with Gasteiger partial charge in [0.1, 0.15) is 5.69 Å². The van der Waals surface area contributed by atoms with Crippen molar-refractivity contribution in [2.24, 2.45) is 0 Å². The zero-order valence-electron chi connectivity index (χ0n) is 12.4. The highest BCUT2D eigenvalue weighted by Crippen LogP contribution is 2.39. The average Bonchev–Trinajstić information content (AvgIpc) is 2.93. The van der Waals surface area contributed by atoms with Crippen LogP contribution in [0, 0.1) is 10.1 Å². The van der Waals surface area contributed by atoms with E-state index in [4.69, 9.17) is 14.2 Å². The fourth-order valence-electron chi connectivity index (χ4n) is 2.71. The van der Waals surface area contributed by atoms with Gasteiger partial charge in [0.25, 0.3) is 5.69 Å². The maximum absolute atomic E-state index is 11.3. The van der Waals surface area contributed by atoms with Crippen LogP contribution in [0.25, 0.3) is 0 Å². The number of benzene rings is 1. The van der Waals surface area contributed by atoms with E-state index in [0.29, 0.717) is 17.2 Å². The third-order valence-electron chi connectivity index (χ3n) is 3.79. The third-order valence-corrected chi connectivity index (χ3v) is 3.79. The molecule has 1 aromatic rings. The average molecular weight is 296 g/mol. The van der Waals surface area contributed by atoms with E-state index in [1.165, 1.54) is 20.3 Å². The Kier molecular flexibility index (Phi) is 4.85. The number of nitrogens with zero attached hydrogens (tertiary/aromatic N) is 1. The van der Waals surface area contributed by atoms with Gasteiger partial charge in [0.15, 0.2) is 11.5 Å². The summed E-state index contributed by atoms with van der Waals surface area (Å²) in [5, 5.41) is 14.5. The Bertz CT molecular complexity index is 520. The first-order valence-corrected chi connectivity index (χ1v) is 6.80. The molecule has 0 spiro atoms. The summed E-state index contributed by atoms with van der Waals surface area (Å²) in [7, 11) is 4.61. The minimum Gasteiger partial charge on any atom is -0.493 e. The van der Waals surface area contributed by atoms with Crippen molar-refractivity contribution in [3.8, 4) is 11.5 Å². The topological polar surface area (TPSA) is 82.9 Å². The van der Waals surface area contributed by atoms with Gasteiger partial charge in [-0.3, -0.25) is 10.1 Å². The summed E-state index contributed by atoms with van der Waals surface area (Å²) in [5.41, 5.74) is 0.390. The van der Waals surface area contributed by atoms with Crippen LogP contribution in [0.5, 0.6) is 11.5 Å². The predicted octanol–water partition coefficient (Wildman–Crippen LogP) is 2.59. The second-order valence-corrected chi connectivity index (χ2v) is 4.94.